The minimum Gasteiger partial charge on any atom is -0.615 e. The van der Waals surface area contributed by atoms with E-state index in [4.69, 9.17) is 4.74 Å². The molecular weight excluding hydrogens is 332 g/mol. The van der Waals surface area contributed by atoms with Crippen LogP contribution in [0.2, 0.25) is 0 Å². The molecule has 1 N–H and O–H groups in total. The van der Waals surface area contributed by atoms with Crippen LogP contribution in [0.3, 0.4) is 0 Å². The number of aliphatic hydroxyl groups is 1. The van der Waals surface area contributed by atoms with Crippen LogP contribution in [0.25, 0.3) is 0 Å². The van der Waals surface area contributed by atoms with Gasteiger partial charge in [0, 0.05) is 7.11 Å². The highest BCUT2D eigenvalue weighted by atomic mass is 32.2. The summed E-state index contributed by atoms with van der Waals surface area (Å²) in [7, 11) is 1.63. The van der Waals surface area contributed by atoms with Gasteiger partial charge in [0.2, 0.25) is 0 Å². The molecule has 0 amide bonds. The maximum Gasteiger partial charge on any atom is 0.164 e. The Labute approximate surface area is 156 Å². The zero-order valence-corrected chi connectivity index (χ0v) is 17.4. The first-order chi connectivity index (χ1) is 11.7. The zero-order chi connectivity index (χ0) is 18.8. The molecule has 0 aromatic rings. The Hall–Kier alpha value is -0.550. The average Bonchev–Trinajstić information content (AvgIpc) is 2.81. The van der Waals surface area contributed by atoms with E-state index in [0.717, 1.165) is 17.6 Å². The largest absolute Gasteiger partial charge is 0.615 e. The molecule has 2 rings (SSSR count). The molecule has 1 heterocycles. The van der Waals surface area contributed by atoms with Crippen molar-refractivity contribution in [2.75, 3.05) is 13.7 Å². The molecule has 0 aromatic heterocycles. The lowest BCUT2D eigenvalue weighted by Crippen LogP contribution is -2.36. The van der Waals surface area contributed by atoms with Crippen LogP contribution in [0.15, 0.2) is 34.4 Å². The normalized spacial score (nSPS) is 31.3. The molecule has 0 saturated heterocycles. The van der Waals surface area contributed by atoms with E-state index in [9.17, 15) is 9.66 Å². The van der Waals surface area contributed by atoms with Gasteiger partial charge in [-0.25, -0.2) is 0 Å². The van der Waals surface area contributed by atoms with E-state index >= 15 is 0 Å². The predicted octanol–water partition coefficient (Wildman–Crippen LogP) is 4.30. The van der Waals surface area contributed by atoms with Crippen molar-refractivity contribution in [1.29, 1.82) is 0 Å². The second kappa shape index (κ2) is 8.43. The van der Waals surface area contributed by atoms with E-state index in [1.807, 2.05) is 19.9 Å². The van der Waals surface area contributed by atoms with Crippen molar-refractivity contribution in [3.8, 4) is 0 Å². The Kier molecular flexibility index (Phi) is 7.00. The van der Waals surface area contributed by atoms with E-state index in [-0.39, 0.29) is 15.9 Å². The topological polar surface area (TPSA) is 52.5 Å². The van der Waals surface area contributed by atoms with Crippen LogP contribution in [0, 0.1) is 5.41 Å². The number of rotatable bonds is 6. The zero-order valence-electron chi connectivity index (χ0n) is 16.6. The van der Waals surface area contributed by atoms with Gasteiger partial charge in [0.05, 0.1) is 6.61 Å². The van der Waals surface area contributed by atoms with Crippen LogP contribution >= 0.6 is 0 Å². The highest BCUT2D eigenvalue weighted by Crippen LogP contribution is 2.42. The summed E-state index contributed by atoms with van der Waals surface area (Å²) >= 11 is -1.13. The maximum atomic E-state index is 12.7. The molecule has 3 nitrogen and oxygen atoms in total. The van der Waals surface area contributed by atoms with Gasteiger partial charge in [-0.05, 0) is 80.3 Å². The summed E-state index contributed by atoms with van der Waals surface area (Å²) in [5.74, 6) is 0. The minimum absolute atomic E-state index is 0.0975. The molecule has 0 radical (unpaired) electrons. The maximum absolute atomic E-state index is 12.7. The smallest absolute Gasteiger partial charge is 0.164 e. The van der Waals surface area contributed by atoms with Crippen molar-refractivity contribution < 1.29 is 14.4 Å². The van der Waals surface area contributed by atoms with Gasteiger partial charge in [0.25, 0.3) is 0 Å². The van der Waals surface area contributed by atoms with Gasteiger partial charge in [0.15, 0.2) is 10.5 Å². The first-order valence-corrected chi connectivity index (χ1v) is 10.6. The summed E-state index contributed by atoms with van der Waals surface area (Å²) in [6.45, 7) is 11.3. The Morgan fingerprint density at radius 2 is 2.16 bits per heavy atom. The first-order valence-electron chi connectivity index (χ1n) is 9.29. The minimum atomic E-state index is -1.13. The molecule has 142 valence electrons. The highest BCUT2D eigenvalue weighted by molar-refractivity contribution is 7.93. The summed E-state index contributed by atoms with van der Waals surface area (Å²) in [5, 5.41) is 10.3. The molecule has 25 heavy (non-hydrogen) atoms. The molecule has 0 bridgehead atoms. The fourth-order valence-electron chi connectivity index (χ4n) is 4.14. The fraction of sp³-hybridized carbons (Fsp3) is 0.714. The molecule has 0 aromatic carbocycles. The summed E-state index contributed by atoms with van der Waals surface area (Å²) in [4.78, 5) is 0. The van der Waals surface area contributed by atoms with E-state index in [0.29, 0.717) is 6.61 Å². The molecule has 1 aliphatic heterocycles. The Bertz CT molecular complexity index is 574. The van der Waals surface area contributed by atoms with Crippen molar-refractivity contribution in [1.82, 2.24) is 0 Å². The Morgan fingerprint density at radius 3 is 2.76 bits per heavy atom. The van der Waals surface area contributed by atoms with Gasteiger partial charge in [-0.15, -0.1) is 0 Å². The summed E-state index contributed by atoms with van der Waals surface area (Å²) in [5.41, 5.74) is 5.21. The lowest BCUT2D eigenvalue weighted by atomic mass is 9.71. The van der Waals surface area contributed by atoms with Crippen LogP contribution in [0.4, 0.5) is 0 Å². The number of hydrogen-bond donors (Lipinski definition) is 1. The predicted molar refractivity (Wildman–Crippen MR) is 106 cm³/mol. The fourth-order valence-corrected chi connectivity index (χ4v) is 6.05. The third-order valence-electron chi connectivity index (χ3n) is 5.89. The molecular formula is C21H34O3S. The molecule has 0 fully saturated rings. The molecule has 4 unspecified atom stereocenters. The number of hydrogen-bond acceptors (Lipinski definition) is 3. The summed E-state index contributed by atoms with van der Waals surface area (Å²) in [6.07, 6.45) is 7.97. The van der Waals surface area contributed by atoms with Crippen LogP contribution in [0.1, 0.15) is 60.3 Å². The molecule has 4 atom stereocenters. The van der Waals surface area contributed by atoms with Gasteiger partial charge in [-0.1, -0.05) is 31.1 Å². The van der Waals surface area contributed by atoms with Crippen molar-refractivity contribution in [3.05, 3.63) is 34.4 Å². The van der Waals surface area contributed by atoms with Gasteiger partial charge < -0.3 is 14.4 Å². The number of allylic oxidation sites excluding steroid dienone is 3. The van der Waals surface area contributed by atoms with Gasteiger partial charge in [-0.3, -0.25) is 0 Å². The molecule has 4 heteroatoms. The van der Waals surface area contributed by atoms with Gasteiger partial charge in [-0.2, -0.15) is 0 Å². The molecule has 0 saturated carbocycles. The molecule has 0 spiro atoms. The van der Waals surface area contributed by atoms with Gasteiger partial charge >= 0.3 is 0 Å². The summed E-state index contributed by atoms with van der Waals surface area (Å²) < 4.78 is 17.9. The third-order valence-corrected chi connectivity index (χ3v) is 7.89. The van der Waals surface area contributed by atoms with Crippen molar-refractivity contribution in [2.24, 2.45) is 5.41 Å². The third kappa shape index (κ3) is 4.60. The standard InChI is InChI=1S/C21H34O3S/c1-14-8-7-11-21(4,5)17(14)10-9-15(2)20(22)18-12-16(3)19(13-24-6)25(18)23/h9,12,18-20,22H,7-8,10-11,13H2,1-6H3/b15-9+. The average molecular weight is 367 g/mol. The van der Waals surface area contributed by atoms with E-state index in [1.54, 1.807) is 7.11 Å². The monoisotopic (exact) mass is 366 g/mol. The highest BCUT2D eigenvalue weighted by Gasteiger charge is 2.42. The van der Waals surface area contributed by atoms with E-state index in [1.165, 1.54) is 30.4 Å². The number of ether oxygens (including phenoxy) is 1. The van der Waals surface area contributed by atoms with E-state index in [2.05, 4.69) is 26.8 Å². The lowest BCUT2D eigenvalue weighted by Gasteiger charge is -2.34. The van der Waals surface area contributed by atoms with Crippen molar-refractivity contribution in [3.63, 3.8) is 0 Å². The lowest BCUT2D eigenvalue weighted by molar-refractivity contribution is 0.202. The van der Waals surface area contributed by atoms with E-state index < -0.39 is 17.3 Å². The summed E-state index contributed by atoms with van der Waals surface area (Å²) in [6, 6.07) is 0. The molecule has 2 aliphatic rings. The number of aliphatic hydroxyl groups excluding tert-OH is 1. The quantitative estimate of drug-likeness (QED) is 0.563. The SMILES string of the molecule is COCC1C(C)=CC(C(O)/C(C)=C/CC2=C(C)CCCC2(C)C)[S+]1[O-]. The van der Waals surface area contributed by atoms with Gasteiger partial charge in [0.1, 0.15) is 6.10 Å². The van der Waals surface area contributed by atoms with Crippen LogP contribution in [0.5, 0.6) is 0 Å². The Balaban J connectivity index is 2.10. The van der Waals surface area contributed by atoms with Crippen molar-refractivity contribution >= 4 is 11.2 Å². The Morgan fingerprint density at radius 1 is 1.48 bits per heavy atom. The number of methoxy groups -OCH3 is 1. The van der Waals surface area contributed by atoms with Crippen molar-refractivity contribution in [2.45, 2.75) is 76.9 Å². The van der Waals surface area contributed by atoms with Crippen LogP contribution < -0.4 is 0 Å². The van der Waals surface area contributed by atoms with Crippen LogP contribution in [-0.2, 0) is 15.9 Å². The first kappa shape index (κ1) is 20.8. The van der Waals surface area contributed by atoms with Crippen LogP contribution in [-0.4, -0.2) is 40.0 Å². The second-order valence-corrected chi connectivity index (χ2v) is 10.0. The second-order valence-electron chi connectivity index (χ2n) is 8.24. The molecule has 1 aliphatic carbocycles.